The van der Waals surface area contributed by atoms with Crippen molar-refractivity contribution in [2.24, 2.45) is 0 Å². The average molecular weight is 338 g/mol. The van der Waals surface area contributed by atoms with Crippen LogP contribution in [0.3, 0.4) is 0 Å². The minimum Gasteiger partial charge on any atom is -0.382 e. The molecule has 0 radical (unpaired) electrons. The zero-order chi connectivity index (χ0) is 15.4. The van der Waals surface area contributed by atoms with Gasteiger partial charge in [-0.25, -0.2) is 4.39 Å². The molecule has 1 heterocycles. The highest BCUT2D eigenvalue weighted by atomic mass is 35.5. The second-order valence-corrected chi connectivity index (χ2v) is 5.62. The van der Waals surface area contributed by atoms with Gasteiger partial charge in [0.25, 0.3) is 0 Å². The van der Waals surface area contributed by atoms with Crippen LogP contribution in [-0.4, -0.2) is 30.9 Å². The first-order valence-electron chi connectivity index (χ1n) is 7.54. The lowest BCUT2D eigenvalue weighted by Crippen LogP contribution is -2.52. The van der Waals surface area contributed by atoms with Crippen LogP contribution in [0, 0.1) is 5.82 Å². The summed E-state index contributed by atoms with van der Waals surface area (Å²) < 4.78 is 19.8. The summed E-state index contributed by atoms with van der Waals surface area (Å²) in [5, 5.41) is 14.6. The maximum absolute atomic E-state index is 14.0. The highest BCUT2D eigenvalue weighted by molar-refractivity contribution is 5.85. The Morgan fingerprint density at radius 2 is 1.83 bits per heavy atom. The number of benzene rings is 2. The minimum atomic E-state index is -1.27. The van der Waals surface area contributed by atoms with Crippen molar-refractivity contribution in [2.45, 2.75) is 18.1 Å². The van der Waals surface area contributed by atoms with E-state index in [0.29, 0.717) is 18.7 Å². The van der Waals surface area contributed by atoms with E-state index in [2.05, 4.69) is 5.32 Å². The molecule has 23 heavy (non-hydrogen) atoms. The Morgan fingerprint density at radius 1 is 1.13 bits per heavy atom. The van der Waals surface area contributed by atoms with Crippen LogP contribution in [0.2, 0.25) is 0 Å². The lowest BCUT2D eigenvalue weighted by molar-refractivity contribution is -0.124. The molecule has 1 fully saturated rings. The summed E-state index contributed by atoms with van der Waals surface area (Å²) in [6.45, 7) is 1.85. The van der Waals surface area contributed by atoms with E-state index in [1.807, 2.05) is 30.3 Å². The van der Waals surface area contributed by atoms with E-state index < -0.39 is 11.7 Å². The molecule has 2 aromatic carbocycles. The first-order valence-corrected chi connectivity index (χ1v) is 7.54. The summed E-state index contributed by atoms with van der Waals surface area (Å²) in [7, 11) is 0. The molecule has 1 aliphatic rings. The molecule has 3 nitrogen and oxygen atoms in total. The van der Waals surface area contributed by atoms with Gasteiger partial charge in [0.05, 0.1) is 6.61 Å². The van der Waals surface area contributed by atoms with E-state index in [1.165, 1.54) is 6.07 Å². The van der Waals surface area contributed by atoms with Crippen LogP contribution < -0.4 is 5.32 Å². The number of rotatable bonds is 4. The second-order valence-electron chi connectivity index (χ2n) is 5.62. The van der Waals surface area contributed by atoms with Crippen LogP contribution in [0.1, 0.15) is 11.1 Å². The summed E-state index contributed by atoms with van der Waals surface area (Å²) in [5.74, 6) is -0.305. The van der Waals surface area contributed by atoms with Crippen molar-refractivity contribution in [1.29, 1.82) is 0 Å². The molecule has 5 heteroatoms. The quantitative estimate of drug-likeness (QED) is 0.901. The van der Waals surface area contributed by atoms with Gasteiger partial charge in [-0.2, -0.15) is 0 Å². The summed E-state index contributed by atoms with van der Waals surface area (Å²) in [6.07, 6.45) is -0.237. The molecular formula is C18H21ClFNO2. The number of aliphatic hydroxyl groups is 1. The van der Waals surface area contributed by atoms with Gasteiger partial charge in [-0.1, -0.05) is 48.5 Å². The second kappa shape index (κ2) is 7.88. The highest BCUT2D eigenvalue weighted by Crippen LogP contribution is 2.32. The van der Waals surface area contributed by atoms with Gasteiger partial charge >= 0.3 is 0 Å². The number of hydrogen-bond acceptors (Lipinski definition) is 3. The average Bonchev–Trinajstić information content (AvgIpc) is 2.58. The monoisotopic (exact) mass is 337 g/mol. The summed E-state index contributed by atoms with van der Waals surface area (Å²) in [4.78, 5) is 0. The molecule has 2 aromatic rings. The van der Waals surface area contributed by atoms with Gasteiger partial charge < -0.3 is 15.2 Å². The number of halogens is 2. The molecule has 124 valence electrons. The van der Waals surface area contributed by atoms with Crippen molar-refractivity contribution < 1.29 is 14.2 Å². The lowest BCUT2D eigenvalue weighted by Gasteiger charge is -2.39. The van der Waals surface area contributed by atoms with Crippen molar-refractivity contribution in [2.75, 3.05) is 19.7 Å². The molecule has 0 aliphatic carbocycles. The molecule has 0 aromatic heterocycles. The van der Waals surface area contributed by atoms with Crippen molar-refractivity contribution in [1.82, 2.24) is 5.32 Å². The van der Waals surface area contributed by atoms with Crippen LogP contribution in [0.15, 0.2) is 54.6 Å². The number of ether oxygens (including phenoxy) is 1. The fraction of sp³-hybridized carbons (Fsp3) is 0.333. The largest absolute Gasteiger partial charge is 0.382 e. The predicted molar refractivity (Wildman–Crippen MR) is 90.3 cm³/mol. The molecular weight excluding hydrogens is 317 g/mol. The van der Waals surface area contributed by atoms with E-state index in [1.54, 1.807) is 18.2 Å². The van der Waals surface area contributed by atoms with E-state index in [0.717, 1.165) is 12.1 Å². The summed E-state index contributed by atoms with van der Waals surface area (Å²) >= 11 is 0. The fourth-order valence-corrected chi connectivity index (χ4v) is 2.93. The van der Waals surface area contributed by atoms with E-state index in [9.17, 15) is 9.50 Å². The zero-order valence-electron chi connectivity index (χ0n) is 12.7. The Labute approximate surface area is 141 Å². The Balaban J connectivity index is 0.00000192. The minimum absolute atomic E-state index is 0. The molecule has 0 amide bonds. The van der Waals surface area contributed by atoms with Crippen molar-refractivity contribution in [3.63, 3.8) is 0 Å². The molecule has 2 unspecified atom stereocenters. The van der Waals surface area contributed by atoms with Gasteiger partial charge in [0.15, 0.2) is 0 Å². The number of hydrogen-bond donors (Lipinski definition) is 2. The molecule has 3 rings (SSSR count). The Hall–Kier alpha value is -1.46. The first-order chi connectivity index (χ1) is 10.7. The van der Waals surface area contributed by atoms with Gasteiger partial charge in [-0.15, -0.1) is 12.4 Å². The first kappa shape index (κ1) is 17.9. The maximum Gasteiger partial charge on any atom is 0.126 e. The molecule has 0 bridgehead atoms. The SMILES string of the molecule is Cl.OC(Cc1ccccc1F)(c1ccccc1)C1CNCCO1. The Morgan fingerprint density at radius 3 is 2.48 bits per heavy atom. The lowest BCUT2D eigenvalue weighted by atomic mass is 9.82. The molecule has 2 N–H and O–H groups in total. The van der Waals surface area contributed by atoms with Crippen molar-refractivity contribution in [3.8, 4) is 0 Å². The van der Waals surface area contributed by atoms with Crippen LogP contribution >= 0.6 is 12.4 Å². The van der Waals surface area contributed by atoms with Gasteiger partial charge in [-0.05, 0) is 17.2 Å². The van der Waals surface area contributed by atoms with Gasteiger partial charge in [0.2, 0.25) is 0 Å². The predicted octanol–water partition coefficient (Wildman–Crippen LogP) is 2.67. The standard InChI is InChI=1S/C18H20FNO2.ClH/c19-16-9-5-4-6-14(16)12-18(21,15-7-2-1-3-8-15)17-13-20-10-11-22-17;/h1-9,17,20-21H,10-13H2;1H. The van der Waals surface area contributed by atoms with E-state index in [-0.39, 0.29) is 24.6 Å². The van der Waals surface area contributed by atoms with Gasteiger partial charge in [0.1, 0.15) is 17.5 Å². The zero-order valence-corrected chi connectivity index (χ0v) is 13.6. The Bertz CT molecular complexity index is 619. The van der Waals surface area contributed by atoms with Crippen LogP contribution in [0.5, 0.6) is 0 Å². The fourth-order valence-electron chi connectivity index (χ4n) is 2.93. The van der Waals surface area contributed by atoms with Crippen molar-refractivity contribution >= 4 is 12.4 Å². The summed E-state index contributed by atoms with van der Waals surface area (Å²) in [6, 6.07) is 15.9. The highest BCUT2D eigenvalue weighted by Gasteiger charge is 2.40. The molecule has 1 aliphatic heterocycles. The normalized spacial score (nSPS) is 20.3. The molecule has 1 saturated heterocycles. The van der Waals surface area contributed by atoms with Crippen LogP contribution in [0.25, 0.3) is 0 Å². The Kier molecular flexibility index (Phi) is 6.13. The van der Waals surface area contributed by atoms with Crippen LogP contribution in [0.4, 0.5) is 4.39 Å². The molecule has 0 saturated carbocycles. The smallest absolute Gasteiger partial charge is 0.126 e. The van der Waals surface area contributed by atoms with Crippen molar-refractivity contribution in [3.05, 3.63) is 71.5 Å². The maximum atomic E-state index is 14.0. The third kappa shape index (κ3) is 3.90. The molecule has 2 atom stereocenters. The summed E-state index contributed by atoms with van der Waals surface area (Å²) in [5.41, 5.74) is -0.0355. The van der Waals surface area contributed by atoms with Gasteiger partial charge in [0, 0.05) is 19.5 Å². The van der Waals surface area contributed by atoms with E-state index in [4.69, 9.17) is 4.74 Å². The third-order valence-corrected chi connectivity index (χ3v) is 4.15. The molecule has 0 spiro atoms. The number of morpholine rings is 1. The van der Waals surface area contributed by atoms with E-state index >= 15 is 0 Å². The topological polar surface area (TPSA) is 41.5 Å². The number of nitrogens with one attached hydrogen (secondary N) is 1. The van der Waals surface area contributed by atoms with Gasteiger partial charge in [-0.3, -0.25) is 0 Å². The third-order valence-electron chi connectivity index (χ3n) is 4.15. The van der Waals surface area contributed by atoms with Crippen LogP contribution in [-0.2, 0) is 16.8 Å².